The lowest BCUT2D eigenvalue weighted by Gasteiger charge is -2.24. The Labute approximate surface area is 143 Å². The SMILES string of the molecule is O=C(CCCOCc1ccccc1)N1CCC[C@@H]1c1ccccn1. The molecule has 1 aromatic heterocycles. The molecule has 24 heavy (non-hydrogen) atoms. The van der Waals surface area contributed by atoms with Crippen molar-refractivity contribution in [2.45, 2.75) is 38.3 Å². The highest BCUT2D eigenvalue weighted by molar-refractivity contribution is 5.77. The van der Waals surface area contributed by atoms with Gasteiger partial charge in [0.05, 0.1) is 18.3 Å². The van der Waals surface area contributed by atoms with Crippen molar-refractivity contribution < 1.29 is 9.53 Å². The minimum atomic E-state index is 0.143. The Morgan fingerprint density at radius 2 is 2.00 bits per heavy atom. The van der Waals surface area contributed by atoms with E-state index in [1.54, 1.807) is 6.20 Å². The molecule has 0 radical (unpaired) electrons. The van der Waals surface area contributed by atoms with E-state index in [1.165, 1.54) is 5.56 Å². The molecule has 0 saturated carbocycles. The van der Waals surface area contributed by atoms with Crippen molar-refractivity contribution in [3.05, 3.63) is 66.0 Å². The molecule has 0 spiro atoms. The number of amides is 1. The van der Waals surface area contributed by atoms with Crippen molar-refractivity contribution in [1.82, 2.24) is 9.88 Å². The van der Waals surface area contributed by atoms with Crippen LogP contribution in [0.15, 0.2) is 54.7 Å². The van der Waals surface area contributed by atoms with Crippen LogP contribution in [0.4, 0.5) is 0 Å². The van der Waals surface area contributed by atoms with Gasteiger partial charge in [-0.2, -0.15) is 0 Å². The molecule has 4 heteroatoms. The number of nitrogens with zero attached hydrogens (tertiary/aromatic N) is 2. The number of carbonyl (C=O) groups is 1. The smallest absolute Gasteiger partial charge is 0.223 e. The summed E-state index contributed by atoms with van der Waals surface area (Å²) in [6.07, 6.45) is 5.16. The number of hydrogen-bond donors (Lipinski definition) is 0. The van der Waals surface area contributed by atoms with Crippen LogP contribution < -0.4 is 0 Å². The van der Waals surface area contributed by atoms with Gasteiger partial charge in [-0.25, -0.2) is 0 Å². The molecule has 0 aliphatic carbocycles. The van der Waals surface area contributed by atoms with E-state index in [1.807, 2.05) is 53.4 Å². The van der Waals surface area contributed by atoms with E-state index >= 15 is 0 Å². The van der Waals surface area contributed by atoms with Crippen molar-refractivity contribution in [2.75, 3.05) is 13.2 Å². The zero-order chi connectivity index (χ0) is 16.6. The van der Waals surface area contributed by atoms with E-state index in [0.29, 0.717) is 19.6 Å². The monoisotopic (exact) mass is 324 g/mol. The molecule has 0 unspecified atom stereocenters. The predicted molar refractivity (Wildman–Crippen MR) is 93.3 cm³/mol. The second kappa shape index (κ2) is 8.60. The average Bonchev–Trinajstić information content (AvgIpc) is 3.13. The molecule has 0 bridgehead atoms. The van der Waals surface area contributed by atoms with Gasteiger partial charge < -0.3 is 9.64 Å². The number of aromatic nitrogens is 1. The fourth-order valence-corrected chi connectivity index (χ4v) is 3.18. The molecule has 1 aliphatic heterocycles. The van der Waals surface area contributed by atoms with Crippen LogP contribution in [0, 0.1) is 0 Å². The van der Waals surface area contributed by atoms with E-state index in [2.05, 4.69) is 4.98 Å². The van der Waals surface area contributed by atoms with Gasteiger partial charge in [0.25, 0.3) is 0 Å². The van der Waals surface area contributed by atoms with Crippen LogP contribution in [0.1, 0.15) is 43.0 Å². The molecule has 1 saturated heterocycles. The number of rotatable bonds is 7. The summed E-state index contributed by atoms with van der Waals surface area (Å²) >= 11 is 0. The van der Waals surface area contributed by atoms with E-state index in [9.17, 15) is 4.79 Å². The highest BCUT2D eigenvalue weighted by Crippen LogP contribution is 2.31. The molecular weight excluding hydrogens is 300 g/mol. The minimum absolute atomic E-state index is 0.143. The third kappa shape index (κ3) is 4.42. The molecule has 2 heterocycles. The van der Waals surface area contributed by atoms with Gasteiger partial charge in [-0.3, -0.25) is 9.78 Å². The molecule has 0 N–H and O–H groups in total. The van der Waals surface area contributed by atoms with Crippen LogP contribution in [0.5, 0.6) is 0 Å². The number of carbonyl (C=O) groups excluding carboxylic acids is 1. The quantitative estimate of drug-likeness (QED) is 0.729. The third-order valence-electron chi connectivity index (χ3n) is 4.39. The third-order valence-corrected chi connectivity index (χ3v) is 4.39. The molecule has 2 aromatic rings. The van der Waals surface area contributed by atoms with Crippen molar-refractivity contribution in [1.29, 1.82) is 0 Å². The molecule has 1 amide bonds. The fraction of sp³-hybridized carbons (Fsp3) is 0.400. The van der Waals surface area contributed by atoms with Gasteiger partial charge >= 0.3 is 0 Å². The number of pyridine rings is 1. The minimum Gasteiger partial charge on any atom is -0.377 e. The number of ether oxygens (including phenoxy) is 1. The van der Waals surface area contributed by atoms with Gasteiger partial charge in [-0.1, -0.05) is 36.4 Å². The maximum atomic E-state index is 12.5. The van der Waals surface area contributed by atoms with E-state index in [4.69, 9.17) is 4.74 Å². The number of hydrogen-bond acceptors (Lipinski definition) is 3. The van der Waals surface area contributed by atoms with Crippen LogP contribution in [-0.2, 0) is 16.1 Å². The molecule has 1 aliphatic rings. The van der Waals surface area contributed by atoms with Crippen LogP contribution in [-0.4, -0.2) is 28.9 Å². The first-order chi connectivity index (χ1) is 11.8. The summed E-state index contributed by atoms with van der Waals surface area (Å²) in [5.74, 6) is 0.214. The first-order valence-corrected chi connectivity index (χ1v) is 8.66. The zero-order valence-corrected chi connectivity index (χ0v) is 13.9. The Morgan fingerprint density at radius 1 is 1.17 bits per heavy atom. The number of benzene rings is 1. The van der Waals surface area contributed by atoms with Crippen LogP contribution in [0.2, 0.25) is 0 Å². The first-order valence-electron chi connectivity index (χ1n) is 8.66. The molecule has 1 atom stereocenters. The summed E-state index contributed by atoms with van der Waals surface area (Å²) in [4.78, 5) is 18.9. The Hall–Kier alpha value is -2.20. The summed E-state index contributed by atoms with van der Waals surface area (Å²) in [6.45, 7) is 2.06. The lowest BCUT2D eigenvalue weighted by molar-refractivity contribution is -0.132. The van der Waals surface area contributed by atoms with Gasteiger partial charge in [0.1, 0.15) is 0 Å². The second-order valence-corrected chi connectivity index (χ2v) is 6.14. The van der Waals surface area contributed by atoms with E-state index < -0.39 is 0 Å². The molecule has 4 nitrogen and oxygen atoms in total. The van der Waals surface area contributed by atoms with E-state index in [-0.39, 0.29) is 11.9 Å². The summed E-state index contributed by atoms with van der Waals surface area (Å²) in [6, 6.07) is 16.2. The highest BCUT2D eigenvalue weighted by atomic mass is 16.5. The van der Waals surface area contributed by atoms with Crippen LogP contribution in [0.25, 0.3) is 0 Å². The van der Waals surface area contributed by atoms with Crippen LogP contribution in [0.3, 0.4) is 0 Å². The number of likely N-dealkylation sites (tertiary alicyclic amines) is 1. The standard InChI is InChI=1S/C20H24N2O2/c23-20(12-7-15-24-16-17-8-2-1-3-9-17)22-14-6-11-19(22)18-10-4-5-13-21-18/h1-5,8-10,13,19H,6-7,11-12,14-16H2/t19-/m1/s1. The largest absolute Gasteiger partial charge is 0.377 e. The molecule has 1 fully saturated rings. The normalized spacial score (nSPS) is 17.2. The molecule has 126 valence electrons. The molecule has 1 aromatic carbocycles. The summed E-state index contributed by atoms with van der Waals surface area (Å²) in [5, 5.41) is 0. The Morgan fingerprint density at radius 3 is 2.79 bits per heavy atom. The Bertz CT molecular complexity index is 631. The molecular formula is C20H24N2O2. The van der Waals surface area contributed by atoms with Gasteiger partial charge in [0, 0.05) is 25.8 Å². The van der Waals surface area contributed by atoms with Crippen molar-refractivity contribution >= 4 is 5.91 Å². The van der Waals surface area contributed by atoms with Gasteiger partial charge in [0.2, 0.25) is 5.91 Å². The second-order valence-electron chi connectivity index (χ2n) is 6.14. The Kier molecular flexibility index (Phi) is 5.96. The van der Waals surface area contributed by atoms with E-state index in [0.717, 1.165) is 31.5 Å². The fourth-order valence-electron chi connectivity index (χ4n) is 3.18. The lowest BCUT2D eigenvalue weighted by Crippen LogP contribution is -2.30. The molecule has 3 rings (SSSR count). The Balaban J connectivity index is 1.41. The van der Waals surface area contributed by atoms with Gasteiger partial charge in [-0.15, -0.1) is 0 Å². The van der Waals surface area contributed by atoms with Crippen molar-refractivity contribution in [2.24, 2.45) is 0 Å². The zero-order valence-electron chi connectivity index (χ0n) is 13.9. The summed E-state index contributed by atoms with van der Waals surface area (Å²) in [5.41, 5.74) is 2.17. The van der Waals surface area contributed by atoms with Gasteiger partial charge in [-0.05, 0) is 37.0 Å². The average molecular weight is 324 g/mol. The van der Waals surface area contributed by atoms with Crippen molar-refractivity contribution in [3.8, 4) is 0 Å². The maximum absolute atomic E-state index is 12.5. The summed E-state index contributed by atoms with van der Waals surface area (Å²) < 4.78 is 5.66. The maximum Gasteiger partial charge on any atom is 0.223 e. The van der Waals surface area contributed by atoms with Gasteiger partial charge in [0.15, 0.2) is 0 Å². The first kappa shape index (κ1) is 16.7. The summed E-state index contributed by atoms with van der Waals surface area (Å²) in [7, 11) is 0. The highest BCUT2D eigenvalue weighted by Gasteiger charge is 2.30. The van der Waals surface area contributed by atoms with Crippen molar-refractivity contribution in [3.63, 3.8) is 0 Å². The topological polar surface area (TPSA) is 42.4 Å². The van der Waals surface area contributed by atoms with Crippen LogP contribution >= 0.6 is 0 Å². The lowest BCUT2D eigenvalue weighted by atomic mass is 10.1. The predicted octanol–water partition coefficient (Wildman–Crippen LogP) is 3.74.